The fourth-order valence-corrected chi connectivity index (χ4v) is 2.78. The van der Waals surface area contributed by atoms with E-state index in [1.165, 1.54) is 0 Å². The van der Waals surface area contributed by atoms with Gasteiger partial charge in [0, 0.05) is 30.1 Å². The van der Waals surface area contributed by atoms with Crippen LogP contribution >= 0.6 is 11.3 Å². The molecule has 1 atom stereocenters. The molecule has 102 valence electrons. The van der Waals surface area contributed by atoms with Crippen molar-refractivity contribution < 1.29 is 10.2 Å². The van der Waals surface area contributed by atoms with E-state index in [4.69, 9.17) is 0 Å². The second-order valence-electron chi connectivity index (χ2n) is 4.52. The summed E-state index contributed by atoms with van der Waals surface area (Å²) in [5, 5.41) is 26.0. The standard InChI is InChI=1S/C14H18N2O2S/c1-9-8-19-13(16-9)6-7-15-10(2)14-11(17)4-3-5-12(14)18/h3-5,8,10,15,17-18H,6-7H2,1-2H3. The number of nitrogens with zero attached hydrogens (tertiary/aromatic N) is 1. The van der Waals surface area contributed by atoms with Crippen LogP contribution in [0.2, 0.25) is 0 Å². The van der Waals surface area contributed by atoms with E-state index in [-0.39, 0.29) is 17.5 Å². The van der Waals surface area contributed by atoms with Crippen molar-refractivity contribution in [3.63, 3.8) is 0 Å². The van der Waals surface area contributed by atoms with E-state index in [1.807, 2.05) is 19.2 Å². The Morgan fingerprint density at radius 2 is 2.00 bits per heavy atom. The van der Waals surface area contributed by atoms with Crippen LogP contribution in [-0.4, -0.2) is 21.7 Å². The lowest BCUT2D eigenvalue weighted by molar-refractivity contribution is 0.419. The molecule has 0 fully saturated rings. The van der Waals surface area contributed by atoms with Gasteiger partial charge in [-0.15, -0.1) is 11.3 Å². The van der Waals surface area contributed by atoms with Crippen molar-refractivity contribution in [3.8, 4) is 11.5 Å². The molecule has 0 saturated carbocycles. The van der Waals surface area contributed by atoms with Crippen molar-refractivity contribution in [2.24, 2.45) is 0 Å². The fraction of sp³-hybridized carbons (Fsp3) is 0.357. The van der Waals surface area contributed by atoms with Gasteiger partial charge in [-0.05, 0) is 26.0 Å². The predicted molar refractivity (Wildman–Crippen MR) is 76.7 cm³/mol. The monoisotopic (exact) mass is 278 g/mol. The van der Waals surface area contributed by atoms with Crippen LogP contribution in [-0.2, 0) is 6.42 Å². The highest BCUT2D eigenvalue weighted by Crippen LogP contribution is 2.31. The highest BCUT2D eigenvalue weighted by Gasteiger charge is 2.14. The minimum atomic E-state index is -0.109. The molecule has 4 nitrogen and oxygen atoms in total. The second kappa shape index (κ2) is 6.04. The molecule has 1 heterocycles. The molecule has 5 heteroatoms. The zero-order chi connectivity index (χ0) is 13.8. The Labute approximate surface area is 116 Å². The number of hydrogen-bond donors (Lipinski definition) is 3. The van der Waals surface area contributed by atoms with Crippen molar-refractivity contribution >= 4 is 11.3 Å². The third kappa shape index (κ3) is 3.45. The van der Waals surface area contributed by atoms with Gasteiger partial charge < -0.3 is 15.5 Å². The zero-order valence-electron chi connectivity index (χ0n) is 11.1. The molecule has 0 aliphatic carbocycles. The van der Waals surface area contributed by atoms with E-state index in [2.05, 4.69) is 10.3 Å². The summed E-state index contributed by atoms with van der Waals surface area (Å²) in [5.74, 6) is 0.232. The van der Waals surface area contributed by atoms with Crippen LogP contribution in [0.25, 0.3) is 0 Å². The number of phenols is 2. The lowest BCUT2D eigenvalue weighted by atomic mass is 10.1. The number of aromatic hydroxyl groups is 2. The van der Waals surface area contributed by atoms with Crippen molar-refractivity contribution in [2.75, 3.05) is 6.54 Å². The van der Waals surface area contributed by atoms with Crippen LogP contribution in [0.1, 0.15) is 29.2 Å². The normalized spacial score (nSPS) is 12.5. The van der Waals surface area contributed by atoms with E-state index in [0.29, 0.717) is 5.56 Å². The smallest absolute Gasteiger partial charge is 0.124 e. The Kier molecular flexibility index (Phi) is 4.39. The van der Waals surface area contributed by atoms with Gasteiger partial charge in [-0.1, -0.05) is 6.07 Å². The number of aryl methyl sites for hydroxylation is 1. The summed E-state index contributed by atoms with van der Waals surface area (Å²) < 4.78 is 0. The van der Waals surface area contributed by atoms with Crippen LogP contribution < -0.4 is 5.32 Å². The van der Waals surface area contributed by atoms with E-state index < -0.39 is 0 Å². The number of hydrogen-bond acceptors (Lipinski definition) is 5. The predicted octanol–water partition coefficient (Wildman–Crippen LogP) is 2.76. The Balaban J connectivity index is 1.92. The first kappa shape index (κ1) is 13.8. The van der Waals surface area contributed by atoms with Crippen molar-refractivity contribution in [3.05, 3.63) is 39.8 Å². The van der Waals surface area contributed by atoms with Crippen molar-refractivity contribution in [1.29, 1.82) is 0 Å². The zero-order valence-corrected chi connectivity index (χ0v) is 11.9. The Morgan fingerprint density at radius 1 is 1.32 bits per heavy atom. The van der Waals surface area contributed by atoms with Gasteiger partial charge in [0.05, 0.1) is 10.6 Å². The number of aromatic nitrogens is 1. The maximum Gasteiger partial charge on any atom is 0.124 e. The van der Waals surface area contributed by atoms with E-state index >= 15 is 0 Å². The van der Waals surface area contributed by atoms with Gasteiger partial charge in [-0.2, -0.15) is 0 Å². The van der Waals surface area contributed by atoms with Gasteiger partial charge in [-0.3, -0.25) is 0 Å². The Morgan fingerprint density at radius 3 is 2.58 bits per heavy atom. The molecule has 0 saturated heterocycles. The minimum absolute atomic E-state index is 0.109. The maximum atomic E-state index is 9.77. The SMILES string of the molecule is Cc1csc(CCNC(C)c2c(O)cccc2O)n1. The van der Waals surface area contributed by atoms with E-state index in [9.17, 15) is 10.2 Å². The summed E-state index contributed by atoms with van der Waals surface area (Å²) in [5.41, 5.74) is 1.59. The number of phenolic OH excluding ortho intramolecular Hbond substituents is 2. The van der Waals surface area contributed by atoms with E-state index in [0.717, 1.165) is 23.7 Å². The molecular weight excluding hydrogens is 260 g/mol. The summed E-state index contributed by atoms with van der Waals surface area (Å²) in [6.45, 7) is 4.65. The number of nitrogens with one attached hydrogen (secondary N) is 1. The molecule has 1 unspecified atom stereocenters. The van der Waals surface area contributed by atoms with Gasteiger partial charge in [0.25, 0.3) is 0 Å². The van der Waals surface area contributed by atoms with Crippen molar-refractivity contribution in [1.82, 2.24) is 10.3 Å². The van der Waals surface area contributed by atoms with Crippen LogP contribution in [0, 0.1) is 6.92 Å². The summed E-state index contributed by atoms with van der Waals surface area (Å²) in [6, 6.07) is 4.68. The van der Waals surface area contributed by atoms with Crippen LogP contribution in [0.5, 0.6) is 11.5 Å². The summed E-state index contributed by atoms with van der Waals surface area (Å²) in [6.07, 6.45) is 0.844. The average Bonchev–Trinajstić information content (AvgIpc) is 2.75. The van der Waals surface area contributed by atoms with Crippen molar-refractivity contribution in [2.45, 2.75) is 26.3 Å². The molecule has 2 rings (SSSR count). The largest absolute Gasteiger partial charge is 0.507 e. The molecule has 0 spiro atoms. The number of thiazole rings is 1. The average molecular weight is 278 g/mol. The molecule has 0 aliphatic rings. The van der Waals surface area contributed by atoms with Gasteiger partial charge in [0.1, 0.15) is 11.5 Å². The molecule has 3 N–H and O–H groups in total. The molecule has 0 radical (unpaired) electrons. The van der Waals surface area contributed by atoms with Gasteiger partial charge >= 0.3 is 0 Å². The third-order valence-electron chi connectivity index (χ3n) is 2.95. The lowest BCUT2D eigenvalue weighted by Gasteiger charge is -2.16. The first-order chi connectivity index (χ1) is 9.08. The molecule has 0 amide bonds. The molecule has 1 aromatic carbocycles. The molecule has 19 heavy (non-hydrogen) atoms. The van der Waals surface area contributed by atoms with Crippen LogP contribution in [0.3, 0.4) is 0 Å². The highest BCUT2D eigenvalue weighted by molar-refractivity contribution is 7.09. The van der Waals surface area contributed by atoms with Crippen LogP contribution in [0.4, 0.5) is 0 Å². The first-order valence-corrected chi connectivity index (χ1v) is 7.11. The molecular formula is C14H18N2O2S. The van der Waals surface area contributed by atoms with Gasteiger partial charge in [-0.25, -0.2) is 4.98 Å². The maximum absolute atomic E-state index is 9.77. The fourth-order valence-electron chi connectivity index (χ4n) is 2.00. The summed E-state index contributed by atoms with van der Waals surface area (Å²) in [7, 11) is 0. The molecule has 2 aromatic rings. The molecule has 0 bridgehead atoms. The Bertz CT molecular complexity index is 534. The van der Waals surface area contributed by atoms with Gasteiger partial charge in [0.15, 0.2) is 0 Å². The van der Waals surface area contributed by atoms with Crippen LogP contribution in [0.15, 0.2) is 23.6 Å². The van der Waals surface area contributed by atoms with E-state index in [1.54, 1.807) is 29.5 Å². The first-order valence-electron chi connectivity index (χ1n) is 6.23. The Hall–Kier alpha value is -1.59. The topological polar surface area (TPSA) is 65.4 Å². The molecule has 0 aliphatic heterocycles. The quantitative estimate of drug-likeness (QED) is 0.787. The molecule has 1 aromatic heterocycles. The highest BCUT2D eigenvalue weighted by atomic mass is 32.1. The van der Waals surface area contributed by atoms with Gasteiger partial charge in [0.2, 0.25) is 0 Å². The number of benzene rings is 1. The third-order valence-corrected chi connectivity index (χ3v) is 3.98. The summed E-state index contributed by atoms with van der Waals surface area (Å²) in [4.78, 5) is 4.40. The minimum Gasteiger partial charge on any atom is -0.507 e. The second-order valence-corrected chi connectivity index (χ2v) is 5.46. The number of rotatable bonds is 5. The summed E-state index contributed by atoms with van der Waals surface area (Å²) >= 11 is 1.65. The lowest BCUT2D eigenvalue weighted by Crippen LogP contribution is -2.21.